The summed E-state index contributed by atoms with van der Waals surface area (Å²) in [6, 6.07) is 12.2. The number of hydrogen-bond donors (Lipinski definition) is 0. The van der Waals surface area contributed by atoms with Crippen molar-refractivity contribution in [3.8, 4) is 6.07 Å². The van der Waals surface area contributed by atoms with Gasteiger partial charge in [0.15, 0.2) is 5.76 Å². The van der Waals surface area contributed by atoms with Gasteiger partial charge in [-0.25, -0.2) is 0 Å². The molecule has 4 heteroatoms. The molecule has 4 nitrogen and oxygen atoms in total. The molecular formula is C14H12N2O2. The Balaban J connectivity index is 2.23. The van der Waals surface area contributed by atoms with Crippen LogP contribution in [0.3, 0.4) is 0 Å². The highest BCUT2D eigenvalue weighted by Crippen LogP contribution is 2.17. The molecule has 1 aromatic carbocycles. The Bertz CT molecular complexity index is 605. The van der Waals surface area contributed by atoms with Crippen LogP contribution in [-0.4, -0.2) is 13.0 Å². The number of rotatable bonds is 2. The Labute approximate surface area is 105 Å². The van der Waals surface area contributed by atoms with Crippen molar-refractivity contribution in [3.05, 3.63) is 53.5 Å². The Hall–Kier alpha value is -2.54. The van der Waals surface area contributed by atoms with Crippen LogP contribution >= 0.6 is 0 Å². The van der Waals surface area contributed by atoms with E-state index in [-0.39, 0.29) is 5.91 Å². The maximum atomic E-state index is 12.1. The summed E-state index contributed by atoms with van der Waals surface area (Å²) in [6.45, 7) is 1.79. The number of furan rings is 1. The van der Waals surface area contributed by atoms with Gasteiger partial charge in [0, 0.05) is 12.7 Å². The summed E-state index contributed by atoms with van der Waals surface area (Å²) in [5.74, 6) is 0.791. The van der Waals surface area contributed by atoms with E-state index >= 15 is 0 Å². The molecule has 2 aromatic rings. The normalized spacial score (nSPS) is 9.83. The first-order chi connectivity index (χ1) is 8.61. The SMILES string of the molecule is Cc1ccc(C(=O)N(C)c2ccc(C#N)cc2)o1. The van der Waals surface area contributed by atoms with E-state index in [4.69, 9.17) is 9.68 Å². The molecule has 0 aliphatic heterocycles. The molecule has 0 fully saturated rings. The Kier molecular flexibility index (Phi) is 3.16. The highest BCUT2D eigenvalue weighted by Gasteiger charge is 2.16. The lowest BCUT2D eigenvalue weighted by Crippen LogP contribution is -2.25. The van der Waals surface area contributed by atoms with Crippen molar-refractivity contribution in [1.82, 2.24) is 0 Å². The average Bonchev–Trinajstić information content (AvgIpc) is 2.84. The van der Waals surface area contributed by atoms with Gasteiger partial charge in [-0.3, -0.25) is 4.79 Å². The van der Waals surface area contributed by atoms with Crippen LogP contribution in [0.1, 0.15) is 21.9 Å². The largest absolute Gasteiger partial charge is 0.456 e. The number of amides is 1. The number of anilines is 1. The number of aryl methyl sites for hydroxylation is 1. The number of carbonyl (C=O) groups excluding carboxylic acids is 1. The van der Waals surface area contributed by atoms with E-state index in [9.17, 15) is 4.79 Å². The van der Waals surface area contributed by atoms with Crippen LogP contribution in [-0.2, 0) is 0 Å². The fourth-order valence-corrected chi connectivity index (χ4v) is 1.59. The molecule has 0 saturated heterocycles. The quantitative estimate of drug-likeness (QED) is 0.811. The van der Waals surface area contributed by atoms with Gasteiger partial charge in [0.25, 0.3) is 5.91 Å². The summed E-state index contributed by atoms with van der Waals surface area (Å²) in [4.78, 5) is 13.6. The minimum absolute atomic E-state index is 0.215. The number of benzene rings is 1. The minimum Gasteiger partial charge on any atom is -0.456 e. The van der Waals surface area contributed by atoms with E-state index in [1.807, 2.05) is 6.07 Å². The van der Waals surface area contributed by atoms with Crippen molar-refractivity contribution in [1.29, 1.82) is 5.26 Å². The van der Waals surface area contributed by atoms with Crippen molar-refractivity contribution in [2.45, 2.75) is 6.92 Å². The predicted molar refractivity (Wildman–Crippen MR) is 67.3 cm³/mol. The lowest BCUT2D eigenvalue weighted by molar-refractivity contribution is 0.0965. The molecule has 0 N–H and O–H groups in total. The first-order valence-electron chi connectivity index (χ1n) is 5.46. The maximum absolute atomic E-state index is 12.1. The molecule has 2 rings (SSSR count). The third kappa shape index (κ3) is 2.25. The van der Waals surface area contributed by atoms with Gasteiger partial charge in [0.2, 0.25) is 0 Å². The van der Waals surface area contributed by atoms with E-state index in [2.05, 4.69) is 0 Å². The molecule has 0 saturated carbocycles. The van der Waals surface area contributed by atoms with Gasteiger partial charge in [-0.15, -0.1) is 0 Å². The molecule has 1 heterocycles. The van der Waals surface area contributed by atoms with E-state index in [1.54, 1.807) is 50.4 Å². The number of carbonyl (C=O) groups is 1. The van der Waals surface area contributed by atoms with Gasteiger partial charge in [0.05, 0.1) is 11.6 Å². The van der Waals surface area contributed by atoms with Crippen molar-refractivity contribution in [3.63, 3.8) is 0 Å². The molecule has 0 radical (unpaired) electrons. The topological polar surface area (TPSA) is 57.2 Å². The lowest BCUT2D eigenvalue weighted by atomic mass is 10.2. The predicted octanol–water partition coefficient (Wildman–Crippen LogP) is 2.74. The summed E-state index contributed by atoms with van der Waals surface area (Å²) < 4.78 is 5.29. The van der Waals surface area contributed by atoms with Crippen LogP contribution in [0.4, 0.5) is 5.69 Å². The molecule has 0 bridgehead atoms. The molecule has 0 aliphatic rings. The molecule has 1 amide bonds. The molecule has 0 unspecified atom stereocenters. The van der Waals surface area contributed by atoms with Crippen LogP contribution in [0, 0.1) is 18.3 Å². The standard InChI is InChI=1S/C14H12N2O2/c1-10-3-8-13(18-10)14(17)16(2)12-6-4-11(9-15)5-7-12/h3-8H,1-2H3. The summed E-state index contributed by atoms with van der Waals surface area (Å²) in [6.07, 6.45) is 0. The van der Waals surface area contributed by atoms with Gasteiger partial charge >= 0.3 is 0 Å². The monoisotopic (exact) mass is 240 g/mol. The zero-order valence-electron chi connectivity index (χ0n) is 10.2. The number of nitriles is 1. The average molecular weight is 240 g/mol. The second-order valence-corrected chi connectivity index (χ2v) is 3.93. The van der Waals surface area contributed by atoms with Crippen molar-refractivity contribution >= 4 is 11.6 Å². The maximum Gasteiger partial charge on any atom is 0.293 e. The molecule has 0 atom stereocenters. The molecule has 1 aromatic heterocycles. The van der Waals surface area contributed by atoms with Crippen LogP contribution in [0.15, 0.2) is 40.8 Å². The summed E-state index contributed by atoms with van der Waals surface area (Å²) >= 11 is 0. The van der Waals surface area contributed by atoms with Crippen molar-refractivity contribution < 1.29 is 9.21 Å². The number of hydrogen-bond acceptors (Lipinski definition) is 3. The molecule has 18 heavy (non-hydrogen) atoms. The fraction of sp³-hybridized carbons (Fsp3) is 0.143. The zero-order chi connectivity index (χ0) is 13.1. The lowest BCUT2D eigenvalue weighted by Gasteiger charge is -2.15. The Morgan fingerprint density at radius 2 is 1.89 bits per heavy atom. The molecular weight excluding hydrogens is 228 g/mol. The van der Waals surface area contributed by atoms with Crippen LogP contribution in [0.2, 0.25) is 0 Å². The minimum atomic E-state index is -0.215. The Morgan fingerprint density at radius 1 is 1.22 bits per heavy atom. The van der Waals surface area contributed by atoms with Gasteiger partial charge in [-0.1, -0.05) is 0 Å². The third-order valence-electron chi connectivity index (χ3n) is 2.64. The highest BCUT2D eigenvalue weighted by molar-refractivity contribution is 6.03. The summed E-state index contributed by atoms with van der Waals surface area (Å²) in [7, 11) is 1.67. The Morgan fingerprint density at radius 3 is 2.39 bits per heavy atom. The molecule has 0 spiro atoms. The highest BCUT2D eigenvalue weighted by atomic mass is 16.3. The second kappa shape index (κ2) is 4.76. The smallest absolute Gasteiger partial charge is 0.293 e. The van der Waals surface area contributed by atoms with Gasteiger partial charge < -0.3 is 9.32 Å². The van der Waals surface area contributed by atoms with Crippen LogP contribution in [0.5, 0.6) is 0 Å². The van der Waals surface area contributed by atoms with E-state index < -0.39 is 0 Å². The van der Waals surface area contributed by atoms with Crippen LogP contribution < -0.4 is 4.90 Å². The fourth-order valence-electron chi connectivity index (χ4n) is 1.59. The molecule has 0 aliphatic carbocycles. The van der Waals surface area contributed by atoms with E-state index in [1.165, 1.54) is 4.90 Å². The number of nitrogens with zero attached hydrogens (tertiary/aromatic N) is 2. The first-order valence-corrected chi connectivity index (χ1v) is 5.46. The van der Waals surface area contributed by atoms with Crippen LogP contribution in [0.25, 0.3) is 0 Å². The second-order valence-electron chi connectivity index (χ2n) is 3.93. The first kappa shape index (κ1) is 11.9. The van der Waals surface area contributed by atoms with E-state index in [0.29, 0.717) is 22.8 Å². The zero-order valence-corrected chi connectivity index (χ0v) is 10.2. The summed E-state index contributed by atoms with van der Waals surface area (Å²) in [5.41, 5.74) is 1.28. The van der Waals surface area contributed by atoms with Crippen molar-refractivity contribution in [2.24, 2.45) is 0 Å². The van der Waals surface area contributed by atoms with Crippen molar-refractivity contribution in [2.75, 3.05) is 11.9 Å². The van der Waals surface area contributed by atoms with Gasteiger partial charge in [-0.2, -0.15) is 5.26 Å². The van der Waals surface area contributed by atoms with Gasteiger partial charge in [-0.05, 0) is 43.3 Å². The summed E-state index contributed by atoms with van der Waals surface area (Å²) in [5, 5.41) is 8.71. The third-order valence-corrected chi connectivity index (χ3v) is 2.64. The van der Waals surface area contributed by atoms with E-state index in [0.717, 1.165) is 0 Å². The van der Waals surface area contributed by atoms with Gasteiger partial charge in [0.1, 0.15) is 5.76 Å². The molecule has 90 valence electrons.